The summed E-state index contributed by atoms with van der Waals surface area (Å²) in [4.78, 5) is 0. The fraction of sp³-hybridized carbons (Fsp3) is 0.611. The number of nitrogens with zero attached hydrogens (tertiary/aromatic N) is 1. The monoisotopic (exact) mass is 288 g/mol. The van der Waals surface area contributed by atoms with Crippen LogP contribution in [0, 0.1) is 23.7 Å². The highest BCUT2D eigenvalue weighted by Crippen LogP contribution is 2.26. The maximum atomic E-state index is 9.02. The average Bonchev–Trinajstić information content (AvgIpc) is 2.45. The molecule has 0 aliphatic carbocycles. The van der Waals surface area contributed by atoms with E-state index in [-0.39, 0.29) is 11.5 Å². The van der Waals surface area contributed by atoms with Gasteiger partial charge in [0.25, 0.3) is 0 Å². The van der Waals surface area contributed by atoms with E-state index in [0.29, 0.717) is 6.61 Å². The number of hydrogen-bond acceptors (Lipinski definition) is 3. The van der Waals surface area contributed by atoms with Crippen LogP contribution in [0.15, 0.2) is 18.2 Å². The van der Waals surface area contributed by atoms with E-state index < -0.39 is 0 Å². The Morgan fingerprint density at radius 1 is 1.38 bits per heavy atom. The van der Waals surface area contributed by atoms with Crippen LogP contribution >= 0.6 is 0 Å². The second kappa shape index (κ2) is 8.05. The predicted molar refractivity (Wildman–Crippen MR) is 87.3 cm³/mol. The molecule has 0 spiro atoms. The van der Waals surface area contributed by atoms with Gasteiger partial charge < -0.3 is 10.5 Å². The smallest absolute Gasteiger partial charge is 0.125 e. The third-order valence-electron chi connectivity index (χ3n) is 3.80. The molecular weight excluding hydrogens is 260 g/mol. The number of ether oxygens (including phenoxy) is 1. The summed E-state index contributed by atoms with van der Waals surface area (Å²) in [5, 5.41) is 9.02. The zero-order chi connectivity index (χ0) is 15.9. The van der Waals surface area contributed by atoms with E-state index >= 15 is 0 Å². The van der Waals surface area contributed by atoms with Gasteiger partial charge in [0.2, 0.25) is 0 Å². The quantitative estimate of drug-likeness (QED) is 0.736. The first-order valence-electron chi connectivity index (χ1n) is 7.77. The van der Waals surface area contributed by atoms with Gasteiger partial charge in [0.1, 0.15) is 5.75 Å². The van der Waals surface area contributed by atoms with E-state index in [9.17, 15) is 0 Å². The molecule has 116 valence electrons. The summed E-state index contributed by atoms with van der Waals surface area (Å²) >= 11 is 0. The molecule has 0 saturated carbocycles. The molecule has 1 rings (SSSR count). The van der Waals surface area contributed by atoms with E-state index in [2.05, 4.69) is 38.1 Å². The van der Waals surface area contributed by atoms with Gasteiger partial charge in [0.15, 0.2) is 0 Å². The van der Waals surface area contributed by atoms with E-state index in [4.69, 9.17) is 15.7 Å². The molecule has 0 aromatic heterocycles. The molecule has 1 atom stereocenters. The largest absolute Gasteiger partial charge is 0.493 e. The van der Waals surface area contributed by atoms with Gasteiger partial charge in [-0.3, -0.25) is 0 Å². The van der Waals surface area contributed by atoms with Gasteiger partial charge in [-0.25, -0.2) is 0 Å². The fourth-order valence-corrected chi connectivity index (χ4v) is 2.25. The van der Waals surface area contributed by atoms with Crippen LogP contribution in [-0.2, 0) is 6.42 Å². The van der Waals surface area contributed by atoms with E-state index in [0.717, 1.165) is 37.0 Å². The van der Waals surface area contributed by atoms with Gasteiger partial charge in [-0.15, -0.1) is 0 Å². The van der Waals surface area contributed by atoms with Crippen molar-refractivity contribution in [2.75, 3.05) is 6.61 Å². The Bertz CT molecular complexity index is 488. The first-order valence-corrected chi connectivity index (χ1v) is 7.77. The van der Waals surface area contributed by atoms with Crippen molar-refractivity contribution in [2.24, 2.45) is 11.1 Å². The van der Waals surface area contributed by atoms with Crippen molar-refractivity contribution in [3.8, 4) is 11.8 Å². The van der Waals surface area contributed by atoms with Crippen molar-refractivity contribution in [3.05, 3.63) is 29.3 Å². The molecule has 0 amide bonds. The summed E-state index contributed by atoms with van der Waals surface area (Å²) in [6, 6.07) is 8.71. The zero-order valence-electron chi connectivity index (χ0n) is 13.8. The van der Waals surface area contributed by atoms with Crippen LogP contribution in [-0.4, -0.2) is 12.6 Å². The Morgan fingerprint density at radius 3 is 2.71 bits per heavy atom. The van der Waals surface area contributed by atoms with Crippen LogP contribution in [0.4, 0.5) is 0 Å². The Labute approximate surface area is 129 Å². The van der Waals surface area contributed by atoms with Crippen LogP contribution in [0.3, 0.4) is 0 Å². The first kappa shape index (κ1) is 17.5. The minimum Gasteiger partial charge on any atom is -0.493 e. The minimum absolute atomic E-state index is 0.173. The molecule has 0 aliphatic heterocycles. The second-order valence-electron chi connectivity index (χ2n) is 6.38. The van der Waals surface area contributed by atoms with Crippen LogP contribution in [0.5, 0.6) is 5.75 Å². The minimum atomic E-state index is -0.275. The summed E-state index contributed by atoms with van der Waals surface area (Å²) in [6.45, 7) is 8.74. The molecule has 1 unspecified atom stereocenters. The van der Waals surface area contributed by atoms with E-state index in [1.165, 1.54) is 5.56 Å². The molecule has 0 radical (unpaired) electrons. The molecule has 3 nitrogen and oxygen atoms in total. The van der Waals surface area contributed by atoms with Gasteiger partial charge in [0, 0.05) is 6.04 Å². The lowest BCUT2D eigenvalue weighted by Crippen LogP contribution is -2.22. The molecule has 0 saturated heterocycles. The molecule has 21 heavy (non-hydrogen) atoms. The normalized spacial score (nSPS) is 12.8. The lowest BCUT2D eigenvalue weighted by Gasteiger charge is -2.18. The number of aryl methyl sites for hydroxylation is 1. The van der Waals surface area contributed by atoms with Gasteiger partial charge >= 0.3 is 0 Å². The zero-order valence-corrected chi connectivity index (χ0v) is 13.8. The van der Waals surface area contributed by atoms with Crippen molar-refractivity contribution >= 4 is 0 Å². The third kappa shape index (κ3) is 5.77. The van der Waals surface area contributed by atoms with Crippen LogP contribution in [0.1, 0.15) is 51.2 Å². The second-order valence-corrected chi connectivity index (χ2v) is 6.38. The number of benzene rings is 1. The topological polar surface area (TPSA) is 59.0 Å². The fourth-order valence-electron chi connectivity index (χ4n) is 2.25. The highest BCUT2D eigenvalue weighted by atomic mass is 16.5. The molecule has 0 heterocycles. The van der Waals surface area contributed by atoms with Crippen LogP contribution in [0.2, 0.25) is 0 Å². The van der Waals surface area contributed by atoms with Crippen molar-refractivity contribution in [3.63, 3.8) is 0 Å². The summed E-state index contributed by atoms with van der Waals surface area (Å²) in [6.07, 6.45) is 3.54. The molecule has 0 aliphatic rings. The van der Waals surface area contributed by atoms with Gasteiger partial charge in [0.05, 0.1) is 18.1 Å². The summed E-state index contributed by atoms with van der Waals surface area (Å²) < 4.78 is 5.99. The maximum absolute atomic E-state index is 9.02. The van der Waals surface area contributed by atoms with Crippen LogP contribution in [0.25, 0.3) is 0 Å². The Hall–Kier alpha value is -1.53. The Kier molecular flexibility index (Phi) is 6.71. The highest BCUT2D eigenvalue weighted by Gasteiger charge is 2.16. The van der Waals surface area contributed by atoms with Crippen LogP contribution < -0.4 is 10.5 Å². The number of nitrogens with two attached hydrogens (primary N) is 1. The molecule has 2 N–H and O–H groups in total. The average molecular weight is 288 g/mol. The third-order valence-corrected chi connectivity index (χ3v) is 3.80. The lowest BCUT2D eigenvalue weighted by atomic mass is 9.90. The van der Waals surface area contributed by atoms with E-state index in [1.807, 2.05) is 13.8 Å². The maximum Gasteiger partial charge on any atom is 0.125 e. The molecule has 1 aromatic rings. The van der Waals surface area contributed by atoms with Gasteiger partial charge in [-0.2, -0.15) is 5.26 Å². The molecule has 0 bridgehead atoms. The van der Waals surface area contributed by atoms with Crippen molar-refractivity contribution < 1.29 is 4.74 Å². The highest BCUT2D eigenvalue weighted by molar-refractivity contribution is 5.41. The standard InChI is InChI=1S/C18H28N2O/c1-5-16(20)12-15-9-6-8-14(2)17(15)21-11-7-10-18(3,4)13-19/h6,8-9,16H,5,7,10-12,20H2,1-4H3. The SMILES string of the molecule is CCC(N)Cc1cccc(C)c1OCCCC(C)(C)C#N. The predicted octanol–water partition coefficient (Wildman–Crippen LogP) is 3.98. The van der Waals surface area contributed by atoms with Crippen molar-refractivity contribution in [1.29, 1.82) is 5.26 Å². The van der Waals surface area contributed by atoms with Gasteiger partial charge in [-0.1, -0.05) is 25.1 Å². The Morgan fingerprint density at radius 2 is 2.10 bits per heavy atom. The van der Waals surface area contributed by atoms with E-state index in [1.54, 1.807) is 0 Å². The molecule has 1 aromatic carbocycles. The lowest BCUT2D eigenvalue weighted by molar-refractivity contribution is 0.280. The Balaban J connectivity index is 2.64. The molecular formula is C18H28N2O. The summed E-state index contributed by atoms with van der Waals surface area (Å²) in [7, 11) is 0. The molecule has 3 heteroatoms. The number of nitriles is 1. The number of hydrogen-bond donors (Lipinski definition) is 1. The van der Waals surface area contributed by atoms with Crippen molar-refractivity contribution in [1.82, 2.24) is 0 Å². The number of rotatable bonds is 8. The van der Waals surface area contributed by atoms with Gasteiger partial charge in [-0.05, 0) is 57.6 Å². The van der Waals surface area contributed by atoms with Crippen molar-refractivity contribution in [2.45, 2.75) is 59.4 Å². The summed E-state index contributed by atoms with van der Waals surface area (Å²) in [5.74, 6) is 0.969. The molecule has 0 fully saturated rings. The summed E-state index contributed by atoms with van der Waals surface area (Å²) in [5.41, 5.74) is 8.12. The number of para-hydroxylation sites is 1. The first-order chi connectivity index (χ1) is 9.89.